The van der Waals surface area contributed by atoms with Gasteiger partial charge in [-0.3, -0.25) is 4.79 Å². The van der Waals surface area contributed by atoms with E-state index in [0.717, 1.165) is 24.5 Å². The summed E-state index contributed by atoms with van der Waals surface area (Å²) in [7, 11) is -3.41. The molecule has 2 aliphatic rings. The molecule has 0 aliphatic carbocycles. The average molecular weight is 444 g/mol. The first kappa shape index (κ1) is 21.6. The van der Waals surface area contributed by atoms with Gasteiger partial charge in [0.25, 0.3) is 5.91 Å². The molecule has 0 spiro atoms. The number of rotatable bonds is 4. The molecule has 2 aromatic carbocycles. The van der Waals surface area contributed by atoms with E-state index >= 15 is 0 Å². The summed E-state index contributed by atoms with van der Waals surface area (Å²) in [6, 6.07) is 13.3. The highest BCUT2D eigenvalue weighted by molar-refractivity contribution is 7.90. The normalized spacial score (nSPS) is 17.7. The molecule has 2 fully saturated rings. The Morgan fingerprint density at radius 3 is 2.13 bits per heavy atom. The molecular weight excluding hydrogens is 414 g/mol. The Labute approximate surface area is 184 Å². The minimum atomic E-state index is -3.41. The van der Waals surface area contributed by atoms with E-state index in [4.69, 9.17) is 4.74 Å². The number of anilines is 2. The highest BCUT2D eigenvalue weighted by Gasteiger charge is 2.27. The van der Waals surface area contributed by atoms with Crippen LogP contribution in [-0.2, 0) is 14.6 Å². The van der Waals surface area contributed by atoms with Crippen LogP contribution in [0.15, 0.2) is 47.4 Å². The molecule has 4 rings (SSSR count). The number of hydrogen-bond donors (Lipinski definition) is 0. The van der Waals surface area contributed by atoms with Gasteiger partial charge in [-0.05, 0) is 37.3 Å². The lowest BCUT2D eigenvalue weighted by Gasteiger charge is -2.37. The van der Waals surface area contributed by atoms with Crippen molar-refractivity contribution >= 4 is 27.1 Å². The molecule has 0 saturated carbocycles. The van der Waals surface area contributed by atoms with Crippen molar-refractivity contribution < 1.29 is 17.9 Å². The number of morpholine rings is 1. The van der Waals surface area contributed by atoms with E-state index in [0.29, 0.717) is 45.0 Å². The topological polar surface area (TPSA) is 70.2 Å². The second-order valence-electron chi connectivity index (χ2n) is 8.17. The summed E-state index contributed by atoms with van der Waals surface area (Å²) in [5, 5.41) is 0. The molecule has 0 unspecified atom stereocenters. The van der Waals surface area contributed by atoms with Crippen molar-refractivity contribution in [1.29, 1.82) is 0 Å². The van der Waals surface area contributed by atoms with Gasteiger partial charge in [0.2, 0.25) is 0 Å². The summed E-state index contributed by atoms with van der Waals surface area (Å²) in [6.07, 6.45) is 1.17. The molecule has 7 nitrogen and oxygen atoms in total. The number of amides is 1. The molecule has 1 amide bonds. The van der Waals surface area contributed by atoms with Gasteiger partial charge in [-0.1, -0.05) is 17.7 Å². The summed E-state index contributed by atoms with van der Waals surface area (Å²) in [5.74, 6) is -0.115. The average Bonchev–Trinajstić information content (AvgIpc) is 2.79. The minimum Gasteiger partial charge on any atom is -0.378 e. The summed E-state index contributed by atoms with van der Waals surface area (Å²) in [5.41, 5.74) is 3.61. The number of nitrogens with zero attached hydrogens (tertiary/aromatic N) is 3. The molecule has 0 atom stereocenters. The fraction of sp³-hybridized carbons (Fsp3) is 0.435. The van der Waals surface area contributed by atoms with Crippen LogP contribution in [0.4, 0.5) is 11.4 Å². The number of piperazine rings is 1. The standard InChI is InChI=1S/C23H29N3O4S/c1-18-3-5-19(6-4-18)24-9-11-26(12-10-24)23(27)21-17-20(31(2,28)29)7-8-22(21)25-13-15-30-16-14-25/h3-8,17H,9-16H2,1-2H3. The van der Waals surface area contributed by atoms with Crippen LogP contribution in [0, 0.1) is 6.92 Å². The maximum Gasteiger partial charge on any atom is 0.256 e. The summed E-state index contributed by atoms with van der Waals surface area (Å²) in [6.45, 7) is 7.29. The van der Waals surface area contributed by atoms with Gasteiger partial charge in [0, 0.05) is 56.9 Å². The van der Waals surface area contributed by atoms with E-state index in [9.17, 15) is 13.2 Å². The minimum absolute atomic E-state index is 0.115. The van der Waals surface area contributed by atoms with Crippen LogP contribution >= 0.6 is 0 Å². The Kier molecular flexibility index (Phi) is 6.20. The Morgan fingerprint density at radius 2 is 1.52 bits per heavy atom. The molecule has 31 heavy (non-hydrogen) atoms. The van der Waals surface area contributed by atoms with Crippen molar-refractivity contribution in [1.82, 2.24) is 4.90 Å². The van der Waals surface area contributed by atoms with Crippen molar-refractivity contribution in [3.8, 4) is 0 Å². The van der Waals surface area contributed by atoms with E-state index in [1.54, 1.807) is 12.1 Å². The number of carbonyl (C=O) groups excluding carboxylic acids is 1. The molecule has 0 N–H and O–H groups in total. The van der Waals surface area contributed by atoms with Crippen LogP contribution in [0.3, 0.4) is 0 Å². The second-order valence-corrected chi connectivity index (χ2v) is 10.2. The first-order valence-electron chi connectivity index (χ1n) is 10.6. The van der Waals surface area contributed by atoms with Gasteiger partial charge in [-0.15, -0.1) is 0 Å². The van der Waals surface area contributed by atoms with Crippen molar-refractivity contribution in [3.05, 3.63) is 53.6 Å². The summed E-state index contributed by atoms with van der Waals surface area (Å²) < 4.78 is 29.7. The molecule has 8 heteroatoms. The second kappa shape index (κ2) is 8.88. The molecule has 2 aliphatic heterocycles. The van der Waals surface area contributed by atoms with Crippen LogP contribution in [0.25, 0.3) is 0 Å². The quantitative estimate of drug-likeness (QED) is 0.722. The number of benzene rings is 2. The molecule has 2 heterocycles. The number of hydrogen-bond acceptors (Lipinski definition) is 6. The maximum atomic E-state index is 13.5. The first-order chi connectivity index (χ1) is 14.8. The van der Waals surface area contributed by atoms with E-state index in [1.165, 1.54) is 17.9 Å². The predicted molar refractivity (Wildman–Crippen MR) is 122 cm³/mol. The summed E-state index contributed by atoms with van der Waals surface area (Å²) >= 11 is 0. The van der Waals surface area contributed by atoms with Crippen LogP contribution in [0.5, 0.6) is 0 Å². The lowest BCUT2D eigenvalue weighted by Crippen LogP contribution is -2.49. The Hall–Kier alpha value is -2.58. The monoisotopic (exact) mass is 443 g/mol. The van der Waals surface area contributed by atoms with Gasteiger partial charge in [-0.25, -0.2) is 8.42 Å². The van der Waals surface area contributed by atoms with Crippen molar-refractivity contribution in [3.63, 3.8) is 0 Å². The molecule has 2 aromatic rings. The number of ether oxygens (including phenoxy) is 1. The largest absolute Gasteiger partial charge is 0.378 e. The van der Waals surface area contributed by atoms with Crippen LogP contribution < -0.4 is 9.80 Å². The Bertz CT molecular complexity index is 1040. The third-order valence-corrected chi connectivity index (χ3v) is 7.05. The van der Waals surface area contributed by atoms with E-state index < -0.39 is 9.84 Å². The molecule has 0 bridgehead atoms. The van der Waals surface area contributed by atoms with Crippen molar-refractivity contribution in [2.45, 2.75) is 11.8 Å². The van der Waals surface area contributed by atoms with Gasteiger partial charge in [0.15, 0.2) is 9.84 Å². The van der Waals surface area contributed by atoms with Gasteiger partial charge < -0.3 is 19.4 Å². The predicted octanol–water partition coefficient (Wildman–Crippen LogP) is 2.20. The summed E-state index contributed by atoms with van der Waals surface area (Å²) in [4.78, 5) is 19.9. The third-order valence-electron chi connectivity index (χ3n) is 5.94. The first-order valence-corrected chi connectivity index (χ1v) is 12.5. The van der Waals surface area contributed by atoms with Crippen molar-refractivity contribution in [2.24, 2.45) is 0 Å². The van der Waals surface area contributed by atoms with Crippen LogP contribution in [0.1, 0.15) is 15.9 Å². The van der Waals surface area contributed by atoms with Gasteiger partial charge >= 0.3 is 0 Å². The zero-order chi connectivity index (χ0) is 22.0. The zero-order valence-corrected chi connectivity index (χ0v) is 18.9. The number of sulfone groups is 1. The number of aryl methyl sites for hydroxylation is 1. The van der Waals surface area contributed by atoms with Gasteiger partial charge in [0.1, 0.15) is 0 Å². The lowest BCUT2D eigenvalue weighted by molar-refractivity contribution is 0.0746. The van der Waals surface area contributed by atoms with Gasteiger partial charge in [-0.2, -0.15) is 0 Å². The Balaban J connectivity index is 1.56. The van der Waals surface area contributed by atoms with Crippen LogP contribution in [0.2, 0.25) is 0 Å². The highest BCUT2D eigenvalue weighted by atomic mass is 32.2. The molecular formula is C23H29N3O4S. The Morgan fingerprint density at radius 1 is 0.871 bits per heavy atom. The van der Waals surface area contributed by atoms with Crippen LogP contribution in [-0.4, -0.2) is 78.0 Å². The fourth-order valence-electron chi connectivity index (χ4n) is 4.09. The lowest BCUT2D eigenvalue weighted by atomic mass is 10.1. The maximum absolute atomic E-state index is 13.5. The molecule has 166 valence electrons. The molecule has 0 aromatic heterocycles. The third kappa shape index (κ3) is 4.85. The van der Waals surface area contributed by atoms with Gasteiger partial charge in [0.05, 0.1) is 23.7 Å². The van der Waals surface area contributed by atoms with E-state index in [-0.39, 0.29) is 10.8 Å². The molecule has 0 radical (unpaired) electrons. The zero-order valence-electron chi connectivity index (χ0n) is 18.1. The van der Waals surface area contributed by atoms with Crippen molar-refractivity contribution in [2.75, 3.05) is 68.5 Å². The highest BCUT2D eigenvalue weighted by Crippen LogP contribution is 2.27. The van der Waals surface area contributed by atoms with E-state index in [2.05, 4.69) is 41.0 Å². The molecule has 2 saturated heterocycles. The smallest absolute Gasteiger partial charge is 0.256 e. The SMILES string of the molecule is Cc1ccc(N2CCN(C(=O)c3cc(S(C)(=O)=O)ccc3N3CCOCC3)CC2)cc1. The van der Waals surface area contributed by atoms with E-state index in [1.807, 2.05) is 4.90 Å². The fourth-order valence-corrected chi connectivity index (χ4v) is 4.74. The number of carbonyl (C=O) groups is 1.